The van der Waals surface area contributed by atoms with Crippen LogP contribution in [0.4, 0.5) is 0 Å². The van der Waals surface area contributed by atoms with E-state index in [4.69, 9.17) is 4.74 Å². The Labute approximate surface area is 96.4 Å². The minimum atomic E-state index is 0.257. The molecule has 0 fully saturated rings. The molecule has 1 atom stereocenters. The summed E-state index contributed by atoms with van der Waals surface area (Å²) in [7, 11) is 0. The molecule has 1 aliphatic heterocycles. The number of para-hydroxylation sites is 1. The number of phenolic OH excluding ortho intramolecular Hbond substituents is 1. The molecule has 0 aromatic heterocycles. The number of hydrogen-bond donors (Lipinski definition) is 2. The van der Waals surface area contributed by atoms with Crippen LogP contribution in [0.3, 0.4) is 0 Å². The van der Waals surface area contributed by atoms with E-state index < -0.39 is 0 Å². The third-order valence-corrected chi connectivity index (χ3v) is 2.86. The van der Waals surface area contributed by atoms with Crippen molar-refractivity contribution in [2.24, 2.45) is 5.92 Å². The highest BCUT2D eigenvalue weighted by molar-refractivity contribution is 5.46. The Hall–Kier alpha value is -1.22. The summed E-state index contributed by atoms with van der Waals surface area (Å²) < 4.78 is 5.61. The molecule has 1 heterocycles. The number of benzene rings is 1. The highest BCUT2D eigenvalue weighted by atomic mass is 16.5. The second-order valence-corrected chi connectivity index (χ2v) is 4.71. The number of fused-ring (bicyclic) bond motifs is 1. The van der Waals surface area contributed by atoms with Crippen molar-refractivity contribution >= 4 is 0 Å². The molecule has 1 aromatic carbocycles. The molecular formula is C13H19NO2. The van der Waals surface area contributed by atoms with E-state index in [9.17, 15) is 5.11 Å². The van der Waals surface area contributed by atoms with Crippen LogP contribution in [0.5, 0.6) is 11.5 Å². The Morgan fingerprint density at radius 3 is 3.06 bits per heavy atom. The molecule has 0 radical (unpaired) electrons. The molecule has 16 heavy (non-hydrogen) atoms. The smallest absolute Gasteiger partial charge is 0.164 e. The number of rotatable bonds is 3. The molecule has 1 aromatic rings. The minimum absolute atomic E-state index is 0.257. The van der Waals surface area contributed by atoms with E-state index in [1.54, 1.807) is 6.07 Å². The van der Waals surface area contributed by atoms with Gasteiger partial charge in [-0.25, -0.2) is 0 Å². The van der Waals surface area contributed by atoms with Crippen LogP contribution in [0.2, 0.25) is 0 Å². The Kier molecular flexibility index (Phi) is 3.34. The van der Waals surface area contributed by atoms with Crippen LogP contribution in [0.15, 0.2) is 18.2 Å². The van der Waals surface area contributed by atoms with Crippen molar-refractivity contribution in [3.63, 3.8) is 0 Å². The SMILES string of the molecule is CC(C)NCC1COc2c(O)cccc2C1. The van der Waals surface area contributed by atoms with Crippen molar-refractivity contribution in [3.05, 3.63) is 23.8 Å². The first-order valence-electron chi connectivity index (χ1n) is 5.84. The molecule has 88 valence electrons. The summed E-state index contributed by atoms with van der Waals surface area (Å²) in [6.45, 7) is 5.93. The van der Waals surface area contributed by atoms with Crippen molar-refractivity contribution in [1.82, 2.24) is 5.32 Å². The van der Waals surface area contributed by atoms with Gasteiger partial charge in [-0.05, 0) is 18.1 Å². The van der Waals surface area contributed by atoms with Gasteiger partial charge < -0.3 is 15.2 Å². The fraction of sp³-hybridized carbons (Fsp3) is 0.538. The molecule has 2 N–H and O–H groups in total. The van der Waals surface area contributed by atoms with Crippen LogP contribution in [0.1, 0.15) is 19.4 Å². The molecule has 0 saturated heterocycles. The fourth-order valence-corrected chi connectivity index (χ4v) is 2.00. The summed E-state index contributed by atoms with van der Waals surface area (Å²) >= 11 is 0. The van der Waals surface area contributed by atoms with Gasteiger partial charge in [0.1, 0.15) is 0 Å². The lowest BCUT2D eigenvalue weighted by Crippen LogP contribution is -2.34. The average molecular weight is 221 g/mol. The molecular weight excluding hydrogens is 202 g/mol. The standard InChI is InChI=1S/C13H19NO2/c1-9(2)14-7-10-6-11-4-3-5-12(15)13(11)16-8-10/h3-5,9-10,14-15H,6-8H2,1-2H3. The first-order chi connectivity index (χ1) is 7.66. The first kappa shape index (κ1) is 11.3. The van der Waals surface area contributed by atoms with Crippen LogP contribution in [0.25, 0.3) is 0 Å². The lowest BCUT2D eigenvalue weighted by Gasteiger charge is -2.26. The van der Waals surface area contributed by atoms with E-state index in [2.05, 4.69) is 19.2 Å². The molecule has 0 aliphatic carbocycles. The number of nitrogens with one attached hydrogen (secondary N) is 1. The maximum Gasteiger partial charge on any atom is 0.164 e. The zero-order valence-electron chi connectivity index (χ0n) is 9.86. The van der Waals surface area contributed by atoms with Gasteiger partial charge in [0.25, 0.3) is 0 Å². The van der Waals surface area contributed by atoms with Gasteiger partial charge in [0.15, 0.2) is 11.5 Å². The molecule has 0 amide bonds. The third kappa shape index (κ3) is 2.47. The van der Waals surface area contributed by atoms with Gasteiger partial charge in [-0.15, -0.1) is 0 Å². The maximum atomic E-state index is 9.62. The highest BCUT2D eigenvalue weighted by Gasteiger charge is 2.21. The van der Waals surface area contributed by atoms with E-state index in [-0.39, 0.29) is 5.75 Å². The van der Waals surface area contributed by atoms with Gasteiger partial charge in [0.05, 0.1) is 6.61 Å². The van der Waals surface area contributed by atoms with Crippen molar-refractivity contribution < 1.29 is 9.84 Å². The van der Waals surface area contributed by atoms with E-state index in [1.165, 1.54) is 0 Å². The molecule has 1 aliphatic rings. The average Bonchev–Trinajstić information content (AvgIpc) is 2.26. The van der Waals surface area contributed by atoms with Crippen LogP contribution < -0.4 is 10.1 Å². The van der Waals surface area contributed by atoms with Crippen molar-refractivity contribution in [2.75, 3.05) is 13.2 Å². The summed E-state index contributed by atoms with van der Waals surface area (Å²) in [5.74, 6) is 1.42. The Bertz CT molecular complexity index is 363. The summed E-state index contributed by atoms with van der Waals surface area (Å²) in [5, 5.41) is 13.0. The molecule has 2 rings (SSSR count). The number of phenols is 1. The zero-order chi connectivity index (χ0) is 11.5. The summed E-state index contributed by atoms with van der Waals surface area (Å²) in [6, 6.07) is 6.07. The van der Waals surface area contributed by atoms with Crippen LogP contribution >= 0.6 is 0 Å². The fourth-order valence-electron chi connectivity index (χ4n) is 2.00. The van der Waals surface area contributed by atoms with Crippen LogP contribution in [-0.4, -0.2) is 24.3 Å². The van der Waals surface area contributed by atoms with Crippen molar-refractivity contribution in [3.8, 4) is 11.5 Å². The molecule has 1 unspecified atom stereocenters. The van der Waals surface area contributed by atoms with E-state index in [1.807, 2.05) is 12.1 Å². The Morgan fingerprint density at radius 1 is 1.50 bits per heavy atom. The third-order valence-electron chi connectivity index (χ3n) is 2.86. The molecule has 0 bridgehead atoms. The van der Waals surface area contributed by atoms with Gasteiger partial charge in [-0.3, -0.25) is 0 Å². The van der Waals surface area contributed by atoms with E-state index in [0.717, 1.165) is 18.5 Å². The Morgan fingerprint density at radius 2 is 2.31 bits per heavy atom. The minimum Gasteiger partial charge on any atom is -0.504 e. The first-order valence-corrected chi connectivity index (χ1v) is 5.84. The van der Waals surface area contributed by atoms with E-state index in [0.29, 0.717) is 24.3 Å². The lowest BCUT2D eigenvalue weighted by molar-refractivity contribution is 0.208. The highest BCUT2D eigenvalue weighted by Crippen LogP contribution is 2.34. The largest absolute Gasteiger partial charge is 0.504 e. The monoisotopic (exact) mass is 221 g/mol. The molecule has 0 spiro atoms. The predicted molar refractivity (Wildman–Crippen MR) is 63.9 cm³/mol. The van der Waals surface area contributed by atoms with Gasteiger partial charge in [-0.2, -0.15) is 0 Å². The lowest BCUT2D eigenvalue weighted by atomic mass is 9.96. The van der Waals surface area contributed by atoms with Gasteiger partial charge in [-0.1, -0.05) is 26.0 Å². The summed E-state index contributed by atoms with van der Waals surface area (Å²) in [5.41, 5.74) is 1.11. The van der Waals surface area contributed by atoms with Gasteiger partial charge >= 0.3 is 0 Å². The van der Waals surface area contributed by atoms with Crippen LogP contribution in [0, 0.1) is 5.92 Å². The maximum absolute atomic E-state index is 9.62. The normalized spacial score (nSPS) is 19.3. The van der Waals surface area contributed by atoms with Crippen LogP contribution in [-0.2, 0) is 6.42 Å². The molecule has 0 saturated carbocycles. The summed E-state index contributed by atoms with van der Waals surface area (Å²) in [6.07, 6.45) is 0.976. The van der Waals surface area contributed by atoms with E-state index >= 15 is 0 Å². The number of hydrogen-bond acceptors (Lipinski definition) is 3. The zero-order valence-corrected chi connectivity index (χ0v) is 9.86. The van der Waals surface area contributed by atoms with Gasteiger partial charge in [0.2, 0.25) is 0 Å². The molecule has 3 nitrogen and oxygen atoms in total. The predicted octanol–water partition coefficient (Wildman–Crippen LogP) is 1.94. The van der Waals surface area contributed by atoms with Crippen molar-refractivity contribution in [1.29, 1.82) is 0 Å². The van der Waals surface area contributed by atoms with Gasteiger partial charge in [0, 0.05) is 18.5 Å². The number of ether oxygens (including phenoxy) is 1. The molecule has 3 heteroatoms. The Balaban J connectivity index is 2.01. The topological polar surface area (TPSA) is 41.5 Å². The number of aromatic hydroxyl groups is 1. The quantitative estimate of drug-likeness (QED) is 0.819. The van der Waals surface area contributed by atoms with Crippen molar-refractivity contribution in [2.45, 2.75) is 26.3 Å². The second-order valence-electron chi connectivity index (χ2n) is 4.71. The summed E-state index contributed by atoms with van der Waals surface area (Å²) in [4.78, 5) is 0. The second kappa shape index (κ2) is 4.74.